The molecule has 0 aliphatic heterocycles. The highest BCUT2D eigenvalue weighted by Gasteiger charge is 2.07. The third-order valence-corrected chi connectivity index (χ3v) is 4.72. The van der Waals surface area contributed by atoms with Crippen LogP contribution in [0.25, 0.3) is 0 Å². The van der Waals surface area contributed by atoms with Gasteiger partial charge in [-0.1, -0.05) is 77.6 Å². The lowest BCUT2D eigenvalue weighted by molar-refractivity contribution is -0.121. The molecule has 0 bridgehead atoms. The Kier molecular flexibility index (Phi) is 17.6. The minimum absolute atomic E-state index is 0.0416. The van der Waals surface area contributed by atoms with E-state index in [-0.39, 0.29) is 12.4 Å². The van der Waals surface area contributed by atoms with Crippen LogP contribution in [0.4, 0.5) is 0 Å². The lowest BCUT2D eigenvalue weighted by Crippen LogP contribution is -2.06. The Bertz CT molecular complexity index is 253. The van der Waals surface area contributed by atoms with Gasteiger partial charge in [-0.25, -0.2) is 0 Å². The van der Waals surface area contributed by atoms with E-state index < -0.39 is 0 Å². The maximum Gasteiger partial charge on any atom is 0.158 e. The molecule has 2 N–H and O–H groups in total. The third kappa shape index (κ3) is 16.2. The zero-order valence-electron chi connectivity index (χ0n) is 15.4. The Hall–Kier alpha value is -0.410. The summed E-state index contributed by atoms with van der Waals surface area (Å²) in [7, 11) is 0. The summed E-state index contributed by atoms with van der Waals surface area (Å²) in [4.78, 5) is 10.9. The van der Waals surface area contributed by atoms with Crippen LogP contribution in [-0.4, -0.2) is 29.2 Å². The number of carbonyl (C=O) groups is 1. The fraction of sp³-hybridized carbons (Fsp3) is 0.950. The van der Waals surface area contributed by atoms with E-state index in [0.717, 1.165) is 25.7 Å². The molecule has 0 aliphatic carbocycles. The molecule has 1 unspecified atom stereocenters. The number of carbonyl (C=O) groups excluding carboxylic acids is 1. The summed E-state index contributed by atoms with van der Waals surface area (Å²) >= 11 is 0. The van der Waals surface area contributed by atoms with Crippen LogP contribution in [0, 0.1) is 5.92 Å². The van der Waals surface area contributed by atoms with Gasteiger partial charge in [0.05, 0.1) is 0 Å². The SMILES string of the molecule is CCCCCCCCCC(CO)CCCCCCCC(=O)CO. The van der Waals surface area contributed by atoms with Crippen molar-refractivity contribution in [3.05, 3.63) is 0 Å². The first-order chi connectivity index (χ1) is 11.2. The lowest BCUT2D eigenvalue weighted by atomic mass is 9.95. The maximum absolute atomic E-state index is 10.9. The average Bonchev–Trinajstić information content (AvgIpc) is 2.57. The minimum atomic E-state index is -0.309. The molecule has 0 spiro atoms. The van der Waals surface area contributed by atoms with Gasteiger partial charge in [0.2, 0.25) is 0 Å². The number of Topliss-reactive ketones (excluding diaryl/α,β-unsaturated/α-hetero) is 1. The Morgan fingerprint density at radius 1 is 0.739 bits per heavy atom. The van der Waals surface area contributed by atoms with Crippen LogP contribution in [0.3, 0.4) is 0 Å². The summed E-state index contributed by atoms with van der Waals surface area (Å²) in [5.41, 5.74) is 0. The molecule has 0 saturated carbocycles. The summed E-state index contributed by atoms with van der Waals surface area (Å²) < 4.78 is 0. The van der Waals surface area contributed by atoms with Gasteiger partial charge >= 0.3 is 0 Å². The van der Waals surface area contributed by atoms with Gasteiger partial charge in [-0.3, -0.25) is 4.79 Å². The highest BCUT2D eigenvalue weighted by atomic mass is 16.3. The van der Waals surface area contributed by atoms with Crippen molar-refractivity contribution in [1.82, 2.24) is 0 Å². The second kappa shape index (κ2) is 17.9. The molecule has 0 saturated heterocycles. The summed E-state index contributed by atoms with van der Waals surface area (Å²) in [6.45, 7) is 2.28. The number of aliphatic hydroxyl groups is 2. The Balaban J connectivity index is 3.36. The zero-order valence-corrected chi connectivity index (χ0v) is 15.4. The van der Waals surface area contributed by atoms with Crippen molar-refractivity contribution < 1.29 is 15.0 Å². The highest BCUT2D eigenvalue weighted by Crippen LogP contribution is 2.18. The summed E-state index contributed by atoms with van der Waals surface area (Å²) in [5, 5.41) is 18.1. The number of hydrogen-bond donors (Lipinski definition) is 2. The molecule has 0 heterocycles. The molecule has 0 radical (unpaired) electrons. The molecule has 0 rings (SSSR count). The van der Waals surface area contributed by atoms with Crippen LogP contribution < -0.4 is 0 Å². The quantitative estimate of drug-likeness (QED) is 0.347. The number of unbranched alkanes of at least 4 members (excludes halogenated alkanes) is 10. The van der Waals surface area contributed by atoms with Gasteiger partial charge < -0.3 is 10.2 Å². The van der Waals surface area contributed by atoms with E-state index >= 15 is 0 Å². The molecule has 0 aliphatic rings. The molecular formula is C20H40O3. The van der Waals surface area contributed by atoms with Crippen LogP contribution in [0.2, 0.25) is 0 Å². The van der Waals surface area contributed by atoms with E-state index in [9.17, 15) is 9.90 Å². The van der Waals surface area contributed by atoms with Gasteiger partial charge in [-0.2, -0.15) is 0 Å². The topological polar surface area (TPSA) is 57.5 Å². The standard InChI is InChI=1S/C20H40O3/c1-2-3-4-5-6-8-11-14-19(17-21)15-12-9-7-10-13-16-20(23)18-22/h19,21-22H,2-18H2,1H3. The number of hydrogen-bond acceptors (Lipinski definition) is 3. The second-order valence-corrected chi connectivity index (χ2v) is 6.96. The van der Waals surface area contributed by atoms with Gasteiger partial charge in [0.1, 0.15) is 6.61 Å². The van der Waals surface area contributed by atoms with E-state index in [1.54, 1.807) is 0 Å². The van der Waals surface area contributed by atoms with Gasteiger partial charge in [-0.05, 0) is 25.2 Å². The number of aliphatic hydroxyl groups excluding tert-OH is 2. The minimum Gasteiger partial charge on any atom is -0.396 e. The van der Waals surface area contributed by atoms with Crippen molar-refractivity contribution in [2.45, 2.75) is 103 Å². The number of ketones is 1. The molecule has 0 aromatic carbocycles. The Morgan fingerprint density at radius 3 is 1.70 bits per heavy atom. The van der Waals surface area contributed by atoms with Gasteiger partial charge in [0.15, 0.2) is 5.78 Å². The summed E-state index contributed by atoms with van der Waals surface area (Å²) in [6, 6.07) is 0. The van der Waals surface area contributed by atoms with E-state index in [2.05, 4.69) is 6.92 Å². The smallest absolute Gasteiger partial charge is 0.158 e. The predicted molar refractivity (Wildman–Crippen MR) is 97.6 cm³/mol. The summed E-state index contributed by atoms with van der Waals surface area (Å²) in [5.74, 6) is 0.446. The highest BCUT2D eigenvalue weighted by molar-refractivity contribution is 5.79. The van der Waals surface area contributed by atoms with Crippen LogP contribution in [0.1, 0.15) is 103 Å². The van der Waals surface area contributed by atoms with Gasteiger partial charge in [0.25, 0.3) is 0 Å². The van der Waals surface area contributed by atoms with Crippen molar-refractivity contribution in [3.8, 4) is 0 Å². The maximum atomic E-state index is 10.9. The van der Waals surface area contributed by atoms with Crippen molar-refractivity contribution in [2.75, 3.05) is 13.2 Å². The molecule has 1 atom stereocenters. The van der Waals surface area contributed by atoms with Crippen LogP contribution in [0.15, 0.2) is 0 Å². The van der Waals surface area contributed by atoms with E-state index in [0.29, 0.717) is 18.9 Å². The molecular weight excluding hydrogens is 288 g/mol. The first-order valence-electron chi connectivity index (χ1n) is 9.98. The molecule has 3 heteroatoms. The van der Waals surface area contributed by atoms with Gasteiger partial charge in [0, 0.05) is 13.0 Å². The first kappa shape index (κ1) is 22.6. The van der Waals surface area contributed by atoms with E-state index in [4.69, 9.17) is 5.11 Å². The average molecular weight is 329 g/mol. The molecule has 3 nitrogen and oxygen atoms in total. The Labute approximate surface area is 143 Å². The van der Waals surface area contributed by atoms with Crippen molar-refractivity contribution in [2.24, 2.45) is 5.92 Å². The van der Waals surface area contributed by atoms with Crippen LogP contribution in [0.5, 0.6) is 0 Å². The van der Waals surface area contributed by atoms with Crippen molar-refractivity contribution >= 4 is 5.78 Å². The predicted octanol–water partition coefficient (Wildman–Crippen LogP) is 5.03. The van der Waals surface area contributed by atoms with Crippen molar-refractivity contribution in [1.29, 1.82) is 0 Å². The fourth-order valence-electron chi connectivity index (χ4n) is 3.08. The third-order valence-electron chi connectivity index (χ3n) is 4.72. The molecule has 23 heavy (non-hydrogen) atoms. The summed E-state index contributed by atoms with van der Waals surface area (Å²) in [6.07, 6.45) is 17.7. The first-order valence-corrected chi connectivity index (χ1v) is 9.98. The lowest BCUT2D eigenvalue weighted by Gasteiger charge is -2.13. The fourth-order valence-corrected chi connectivity index (χ4v) is 3.08. The van der Waals surface area contributed by atoms with Crippen LogP contribution >= 0.6 is 0 Å². The van der Waals surface area contributed by atoms with E-state index in [1.807, 2.05) is 0 Å². The van der Waals surface area contributed by atoms with Crippen LogP contribution in [-0.2, 0) is 4.79 Å². The molecule has 0 fully saturated rings. The molecule has 0 amide bonds. The van der Waals surface area contributed by atoms with E-state index in [1.165, 1.54) is 64.2 Å². The second-order valence-electron chi connectivity index (χ2n) is 6.96. The number of rotatable bonds is 18. The molecule has 0 aromatic rings. The van der Waals surface area contributed by atoms with Gasteiger partial charge in [-0.15, -0.1) is 0 Å². The van der Waals surface area contributed by atoms with Crippen molar-refractivity contribution in [3.63, 3.8) is 0 Å². The largest absolute Gasteiger partial charge is 0.396 e. The molecule has 138 valence electrons. The normalized spacial score (nSPS) is 12.5. The monoisotopic (exact) mass is 328 g/mol. The zero-order chi connectivity index (χ0) is 17.2. The Morgan fingerprint density at radius 2 is 1.22 bits per heavy atom. The molecule has 0 aromatic heterocycles.